The first kappa shape index (κ1) is 14.2. The van der Waals surface area contributed by atoms with Crippen LogP contribution in [0.25, 0.3) is 0 Å². The molecule has 1 aliphatic carbocycles. The van der Waals surface area contributed by atoms with Crippen LogP contribution in [0.3, 0.4) is 0 Å². The standard InChI is InChI=1S/C9H11NO.C7H7NO/c10-9-7-4-2-1-3-6(7)5-8(9)11;8-7(9)6-4-2-1-3-5-6/h1-4,8-9,11H,5,10H2;1-5H,(H2,8,9)/t8-,9-;/m1./s1. The highest BCUT2D eigenvalue weighted by Gasteiger charge is 2.26. The lowest BCUT2D eigenvalue weighted by atomic mass is 10.1. The van der Waals surface area contributed by atoms with E-state index in [1.54, 1.807) is 24.3 Å². The predicted octanol–water partition coefficient (Wildman–Crippen LogP) is 1.39. The van der Waals surface area contributed by atoms with Crippen molar-refractivity contribution in [1.29, 1.82) is 0 Å². The summed E-state index contributed by atoms with van der Waals surface area (Å²) in [7, 11) is 0. The third-order valence-corrected chi connectivity index (χ3v) is 3.32. The fraction of sp³-hybridized carbons (Fsp3) is 0.188. The van der Waals surface area contributed by atoms with Gasteiger partial charge in [-0.15, -0.1) is 0 Å². The number of rotatable bonds is 1. The maximum Gasteiger partial charge on any atom is 0.248 e. The second-order valence-corrected chi connectivity index (χ2v) is 4.73. The minimum atomic E-state index is -0.382. The van der Waals surface area contributed by atoms with E-state index >= 15 is 0 Å². The summed E-state index contributed by atoms with van der Waals surface area (Å²) in [6.07, 6.45) is 0.324. The molecule has 0 aromatic heterocycles. The molecule has 4 nitrogen and oxygen atoms in total. The first-order valence-electron chi connectivity index (χ1n) is 6.46. The highest BCUT2D eigenvalue weighted by molar-refractivity contribution is 5.92. The Balaban J connectivity index is 0.000000151. The Morgan fingerprint density at radius 1 is 1.05 bits per heavy atom. The van der Waals surface area contributed by atoms with Gasteiger partial charge in [-0.2, -0.15) is 0 Å². The zero-order valence-corrected chi connectivity index (χ0v) is 11.1. The molecule has 0 aliphatic heterocycles. The number of aliphatic hydroxyl groups is 1. The SMILES string of the molecule is NC(=O)c1ccccc1.N[C@@H]1c2ccccc2C[C@H]1O. The Hall–Kier alpha value is -2.17. The van der Waals surface area contributed by atoms with Crippen LogP contribution in [0.15, 0.2) is 54.6 Å². The zero-order chi connectivity index (χ0) is 14.5. The first-order valence-corrected chi connectivity index (χ1v) is 6.46. The van der Waals surface area contributed by atoms with Gasteiger partial charge in [0.15, 0.2) is 0 Å². The van der Waals surface area contributed by atoms with Crippen molar-refractivity contribution in [3.05, 3.63) is 71.3 Å². The topological polar surface area (TPSA) is 89.3 Å². The van der Waals surface area contributed by atoms with Gasteiger partial charge in [0, 0.05) is 12.0 Å². The molecular formula is C16H18N2O2. The number of fused-ring (bicyclic) bond motifs is 1. The van der Waals surface area contributed by atoms with Crippen LogP contribution in [-0.2, 0) is 6.42 Å². The molecule has 20 heavy (non-hydrogen) atoms. The molecule has 4 heteroatoms. The van der Waals surface area contributed by atoms with E-state index in [2.05, 4.69) is 0 Å². The number of primary amides is 1. The van der Waals surface area contributed by atoms with Crippen molar-refractivity contribution in [2.24, 2.45) is 11.5 Å². The Morgan fingerprint density at radius 2 is 1.65 bits per heavy atom. The highest BCUT2D eigenvalue weighted by Crippen LogP contribution is 2.28. The van der Waals surface area contributed by atoms with E-state index < -0.39 is 0 Å². The van der Waals surface area contributed by atoms with Gasteiger partial charge in [-0.3, -0.25) is 4.79 Å². The van der Waals surface area contributed by atoms with Gasteiger partial charge in [0.25, 0.3) is 0 Å². The summed E-state index contributed by atoms with van der Waals surface area (Å²) in [5, 5.41) is 9.39. The van der Waals surface area contributed by atoms with Crippen LogP contribution in [0, 0.1) is 0 Å². The molecule has 0 saturated heterocycles. The van der Waals surface area contributed by atoms with Gasteiger partial charge in [-0.05, 0) is 23.3 Å². The maximum absolute atomic E-state index is 10.4. The fourth-order valence-corrected chi connectivity index (χ4v) is 2.21. The summed E-state index contributed by atoms with van der Waals surface area (Å²) >= 11 is 0. The minimum Gasteiger partial charge on any atom is -0.391 e. The predicted molar refractivity (Wildman–Crippen MR) is 78.0 cm³/mol. The first-order chi connectivity index (χ1) is 9.59. The lowest BCUT2D eigenvalue weighted by Gasteiger charge is -2.07. The molecule has 0 saturated carbocycles. The third kappa shape index (κ3) is 3.23. The van der Waals surface area contributed by atoms with E-state index in [0.717, 1.165) is 5.56 Å². The van der Waals surface area contributed by atoms with Crippen LogP contribution in [0.4, 0.5) is 0 Å². The molecule has 2 atom stereocenters. The van der Waals surface area contributed by atoms with Crippen molar-refractivity contribution in [2.45, 2.75) is 18.6 Å². The summed E-state index contributed by atoms with van der Waals surface area (Å²) in [5.74, 6) is -0.379. The normalized spacial score (nSPS) is 19.7. The molecule has 0 fully saturated rings. The van der Waals surface area contributed by atoms with E-state index in [9.17, 15) is 9.90 Å². The molecule has 0 bridgehead atoms. The molecule has 0 spiro atoms. The zero-order valence-electron chi connectivity index (χ0n) is 11.1. The average molecular weight is 270 g/mol. The van der Waals surface area contributed by atoms with E-state index in [-0.39, 0.29) is 18.1 Å². The molecule has 1 aliphatic rings. The van der Waals surface area contributed by atoms with Crippen LogP contribution >= 0.6 is 0 Å². The maximum atomic E-state index is 10.4. The van der Waals surface area contributed by atoms with Crippen molar-refractivity contribution in [2.75, 3.05) is 0 Å². The van der Waals surface area contributed by atoms with Crippen LogP contribution in [-0.4, -0.2) is 17.1 Å². The smallest absolute Gasteiger partial charge is 0.248 e. The number of benzene rings is 2. The number of nitrogens with two attached hydrogens (primary N) is 2. The molecule has 3 rings (SSSR count). The van der Waals surface area contributed by atoms with E-state index in [1.165, 1.54) is 5.56 Å². The largest absolute Gasteiger partial charge is 0.391 e. The molecule has 2 aromatic carbocycles. The lowest BCUT2D eigenvalue weighted by molar-refractivity contribution is 0.100. The van der Waals surface area contributed by atoms with Crippen LogP contribution in [0.1, 0.15) is 27.5 Å². The molecule has 104 valence electrons. The van der Waals surface area contributed by atoms with E-state index in [1.807, 2.05) is 30.3 Å². The van der Waals surface area contributed by atoms with Crippen LogP contribution < -0.4 is 11.5 Å². The van der Waals surface area contributed by atoms with Gasteiger partial charge in [0.2, 0.25) is 5.91 Å². The van der Waals surface area contributed by atoms with Gasteiger partial charge in [0.1, 0.15) is 0 Å². The lowest BCUT2D eigenvalue weighted by Crippen LogP contribution is -2.21. The number of carbonyl (C=O) groups excluding carboxylic acids is 1. The second-order valence-electron chi connectivity index (χ2n) is 4.73. The quantitative estimate of drug-likeness (QED) is 0.731. The molecule has 0 radical (unpaired) electrons. The van der Waals surface area contributed by atoms with Gasteiger partial charge >= 0.3 is 0 Å². The molecule has 0 heterocycles. The monoisotopic (exact) mass is 270 g/mol. The molecule has 5 N–H and O–H groups in total. The number of aliphatic hydroxyl groups excluding tert-OH is 1. The summed E-state index contributed by atoms with van der Waals surface area (Å²) in [6.45, 7) is 0. The van der Waals surface area contributed by atoms with Crippen molar-refractivity contribution in [1.82, 2.24) is 0 Å². The highest BCUT2D eigenvalue weighted by atomic mass is 16.3. The van der Waals surface area contributed by atoms with E-state index in [4.69, 9.17) is 11.5 Å². The molecular weight excluding hydrogens is 252 g/mol. The molecule has 0 unspecified atom stereocenters. The van der Waals surface area contributed by atoms with Gasteiger partial charge < -0.3 is 16.6 Å². The van der Waals surface area contributed by atoms with Crippen molar-refractivity contribution in [3.63, 3.8) is 0 Å². The summed E-state index contributed by atoms with van der Waals surface area (Å²) in [6, 6.07) is 16.5. The van der Waals surface area contributed by atoms with E-state index in [0.29, 0.717) is 12.0 Å². The van der Waals surface area contributed by atoms with Crippen LogP contribution in [0.5, 0.6) is 0 Å². The summed E-state index contributed by atoms with van der Waals surface area (Å²) in [4.78, 5) is 10.4. The Morgan fingerprint density at radius 3 is 2.20 bits per heavy atom. The molecule has 1 amide bonds. The number of carbonyl (C=O) groups is 1. The Bertz CT molecular complexity index is 584. The second kappa shape index (κ2) is 6.32. The summed E-state index contributed by atoms with van der Waals surface area (Å²) < 4.78 is 0. The van der Waals surface area contributed by atoms with Crippen molar-refractivity contribution < 1.29 is 9.90 Å². The summed E-state index contributed by atoms with van der Waals surface area (Å²) in [5.41, 5.74) is 13.6. The fourth-order valence-electron chi connectivity index (χ4n) is 2.21. The number of hydrogen-bond acceptors (Lipinski definition) is 3. The van der Waals surface area contributed by atoms with Crippen LogP contribution in [0.2, 0.25) is 0 Å². The minimum absolute atomic E-state index is 0.175. The Kier molecular flexibility index (Phi) is 4.50. The van der Waals surface area contributed by atoms with Crippen molar-refractivity contribution >= 4 is 5.91 Å². The third-order valence-electron chi connectivity index (χ3n) is 3.32. The Labute approximate surface area is 118 Å². The average Bonchev–Trinajstić information content (AvgIpc) is 2.76. The van der Waals surface area contributed by atoms with Gasteiger partial charge in [-0.25, -0.2) is 0 Å². The van der Waals surface area contributed by atoms with Gasteiger partial charge in [0.05, 0.1) is 12.1 Å². The number of amides is 1. The van der Waals surface area contributed by atoms with Crippen molar-refractivity contribution in [3.8, 4) is 0 Å². The van der Waals surface area contributed by atoms with Gasteiger partial charge in [-0.1, -0.05) is 42.5 Å². The number of hydrogen-bond donors (Lipinski definition) is 3. The molecule has 2 aromatic rings.